The highest BCUT2D eigenvalue weighted by molar-refractivity contribution is 6.07. The zero-order valence-corrected chi connectivity index (χ0v) is 16.8. The van der Waals surface area contributed by atoms with Crippen LogP contribution in [0.5, 0.6) is 0 Å². The van der Waals surface area contributed by atoms with Gasteiger partial charge in [-0.3, -0.25) is 14.5 Å². The molecule has 29 heavy (non-hydrogen) atoms. The summed E-state index contributed by atoms with van der Waals surface area (Å²) in [5, 5.41) is 2.91. The van der Waals surface area contributed by atoms with Crippen molar-refractivity contribution in [2.45, 2.75) is 38.8 Å². The van der Waals surface area contributed by atoms with E-state index >= 15 is 0 Å². The number of carbonyl (C=O) groups excluding carboxylic acids is 3. The summed E-state index contributed by atoms with van der Waals surface area (Å²) in [4.78, 5) is 41.5. The Kier molecular flexibility index (Phi) is 4.86. The molecule has 0 aromatic heterocycles. The van der Waals surface area contributed by atoms with Crippen LogP contribution in [0, 0.1) is 13.8 Å². The number of nitrogens with zero attached hydrogens (tertiary/aromatic N) is 2. The number of piperidine rings is 1. The topological polar surface area (TPSA) is 69.7 Å². The SMILES string of the molecule is Cc1cc(C)cc(C(=O)N2CCC3(CC2)NC(=O)N(Cc2ccccc2)C3=O)c1. The van der Waals surface area contributed by atoms with Crippen molar-refractivity contribution in [3.63, 3.8) is 0 Å². The lowest BCUT2D eigenvalue weighted by atomic mass is 9.87. The molecule has 6 heteroatoms. The minimum absolute atomic E-state index is 0.0236. The van der Waals surface area contributed by atoms with Crippen LogP contribution in [0.25, 0.3) is 0 Å². The van der Waals surface area contributed by atoms with E-state index in [1.165, 1.54) is 4.90 Å². The lowest BCUT2D eigenvalue weighted by molar-refractivity contribution is -0.133. The fourth-order valence-corrected chi connectivity index (χ4v) is 4.30. The number of hydrogen-bond donors (Lipinski definition) is 1. The molecule has 4 amide bonds. The number of urea groups is 1. The Hall–Kier alpha value is -3.15. The normalized spacial score (nSPS) is 18.3. The van der Waals surface area contributed by atoms with Crippen LogP contribution in [-0.2, 0) is 11.3 Å². The van der Waals surface area contributed by atoms with Gasteiger partial charge >= 0.3 is 6.03 Å². The van der Waals surface area contributed by atoms with E-state index in [4.69, 9.17) is 0 Å². The number of nitrogens with one attached hydrogen (secondary N) is 1. The van der Waals surface area contributed by atoms with Crippen molar-refractivity contribution < 1.29 is 14.4 Å². The number of aryl methyl sites for hydroxylation is 2. The molecule has 0 radical (unpaired) electrons. The maximum atomic E-state index is 13.1. The molecule has 0 bridgehead atoms. The van der Waals surface area contributed by atoms with Gasteiger partial charge in [0, 0.05) is 18.7 Å². The van der Waals surface area contributed by atoms with Crippen molar-refractivity contribution >= 4 is 17.8 Å². The standard InChI is InChI=1S/C23H25N3O3/c1-16-12-17(2)14-19(13-16)20(27)25-10-8-23(9-11-25)21(28)26(22(29)24-23)15-18-6-4-3-5-7-18/h3-7,12-14H,8-11,15H2,1-2H3,(H,24,29). The molecule has 150 valence electrons. The van der Waals surface area contributed by atoms with Gasteiger partial charge in [0.1, 0.15) is 5.54 Å². The van der Waals surface area contributed by atoms with E-state index in [1.807, 2.05) is 62.4 Å². The van der Waals surface area contributed by atoms with E-state index in [9.17, 15) is 14.4 Å². The minimum Gasteiger partial charge on any atom is -0.338 e. The quantitative estimate of drug-likeness (QED) is 0.818. The molecule has 2 saturated heterocycles. The number of benzene rings is 2. The summed E-state index contributed by atoms with van der Waals surface area (Å²) in [6.07, 6.45) is 0.860. The monoisotopic (exact) mass is 391 g/mol. The Morgan fingerprint density at radius 3 is 2.24 bits per heavy atom. The van der Waals surface area contributed by atoms with Crippen LogP contribution in [0.4, 0.5) is 4.79 Å². The first-order valence-electron chi connectivity index (χ1n) is 9.94. The van der Waals surface area contributed by atoms with E-state index in [1.54, 1.807) is 4.90 Å². The number of likely N-dealkylation sites (tertiary alicyclic amines) is 1. The van der Waals surface area contributed by atoms with Gasteiger partial charge in [0.05, 0.1) is 6.54 Å². The molecule has 2 aromatic rings. The lowest BCUT2D eigenvalue weighted by Gasteiger charge is -2.37. The molecule has 2 heterocycles. The van der Waals surface area contributed by atoms with Crippen molar-refractivity contribution in [3.05, 3.63) is 70.8 Å². The summed E-state index contributed by atoms with van der Waals surface area (Å²) in [6, 6.07) is 14.9. The molecule has 2 fully saturated rings. The summed E-state index contributed by atoms with van der Waals surface area (Å²) in [5.74, 6) is -0.214. The van der Waals surface area contributed by atoms with Gasteiger partial charge in [0.15, 0.2) is 0 Å². The van der Waals surface area contributed by atoms with Gasteiger partial charge in [-0.25, -0.2) is 4.79 Å². The first kappa shape index (κ1) is 19.2. The van der Waals surface area contributed by atoms with Crippen molar-refractivity contribution in [2.24, 2.45) is 0 Å². The van der Waals surface area contributed by atoms with E-state index in [-0.39, 0.29) is 24.4 Å². The van der Waals surface area contributed by atoms with Crippen LogP contribution in [0.3, 0.4) is 0 Å². The van der Waals surface area contributed by atoms with E-state index in [0.29, 0.717) is 31.5 Å². The zero-order valence-electron chi connectivity index (χ0n) is 16.8. The van der Waals surface area contributed by atoms with Crippen molar-refractivity contribution in [1.29, 1.82) is 0 Å². The Labute approximate surface area is 170 Å². The van der Waals surface area contributed by atoms with Gasteiger partial charge in [0.2, 0.25) is 0 Å². The fourth-order valence-electron chi connectivity index (χ4n) is 4.30. The third-order valence-corrected chi connectivity index (χ3v) is 5.80. The summed E-state index contributed by atoms with van der Waals surface area (Å²) >= 11 is 0. The van der Waals surface area contributed by atoms with Gasteiger partial charge in [-0.15, -0.1) is 0 Å². The van der Waals surface area contributed by atoms with E-state index < -0.39 is 5.54 Å². The number of carbonyl (C=O) groups is 3. The highest BCUT2D eigenvalue weighted by Crippen LogP contribution is 2.31. The van der Waals surface area contributed by atoms with Crippen LogP contribution in [-0.4, -0.2) is 46.3 Å². The highest BCUT2D eigenvalue weighted by Gasteiger charge is 2.52. The smallest absolute Gasteiger partial charge is 0.325 e. The largest absolute Gasteiger partial charge is 0.338 e. The molecule has 1 N–H and O–H groups in total. The summed E-state index contributed by atoms with van der Waals surface area (Å²) in [7, 11) is 0. The molecule has 2 aliphatic rings. The van der Waals surface area contributed by atoms with Crippen molar-refractivity contribution in [2.75, 3.05) is 13.1 Å². The summed E-state index contributed by atoms with van der Waals surface area (Å²) < 4.78 is 0. The zero-order chi connectivity index (χ0) is 20.6. The average molecular weight is 391 g/mol. The number of hydrogen-bond acceptors (Lipinski definition) is 3. The maximum absolute atomic E-state index is 13.1. The fraction of sp³-hybridized carbons (Fsp3) is 0.348. The van der Waals surface area contributed by atoms with Crippen LogP contribution in [0.1, 0.15) is 39.9 Å². The molecule has 0 unspecified atom stereocenters. The van der Waals surface area contributed by atoms with Crippen LogP contribution >= 0.6 is 0 Å². The Bertz CT molecular complexity index is 942. The Morgan fingerprint density at radius 2 is 1.62 bits per heavy atom. The predicted octanol–water partition coefficient (Wildman–Crippen LogP) is 3.03. The molecule has 4 rings (SSSR count). The second-order valence-corrected chi connectivity index (χ2v) is 8.06. The third kappa shape index (κ3) is 3.62. The molecule has 0 saturated carbocycles. The summed E-state index contributed by atoms with van der Waals surface area (Å²) in [6.45, 7) is 5.10. The Morgan fingerprint density at radius 1 is 1.00 bits per heavy atom. The first-order chi connectivity index (χ1) is 13.9. The highest BCUT2D eigenvalue weighted by atomic mass is 16.2. The van der Waals surface area contributed by atoms with E-state index in [0.717, 1.165) is 16.7 Å². The van der Waals surface area contributed by atoms with Crippen LogP contribution in [0.15, 0.2) is 48.5 Å². The lowest BCUT2D eigenvalue weighted by Crippen LogP contribution is -2.55. The van der Waals surface area contributed by atoms with E-state index in [2.05, 4.69) is 5.32 Å². The van der Waals surface area contributed by atoms with Gasteiger partial charge in [-0.1, -0.05) is 47.5 Å². The Balaban J connectivity index is 1.45. The average Bonchev–Trinajstić information content (AvgIpc) is 2.92. The first-order valence-corrected chi connectivity index (χ1v) is 9.94. The summed E-state index contributed by atoms with van der Waals surface area (Å²) in [5.41, 5.74) is 2.79. The van der Waals surface area contributed by atoms with Gasteiger partial charge in [0.25, 0.3) is 11.8 Å². The van der Waals surface area contributed by atoms with Crippen molar-refractivity contribution in [3.8, 4) is 0 Å². The molecular formula is C23H25N3O3. The third-order valence-electron chi connectivity index (χ3n) is 5.80. The molecule has 2 aliphatic heterocycles. The molecular weight excluding hydrogens is 366 g/mol. The molecule has 2 aromatic carbocycles. The number of rotatable bonds is 3. The number of imide groups is 1. The second-order valence-electron chi connectivity index (χ2n) is 8.06. The second kappa shape index (κ2) is 7.35. The minimum atomic E-state index is -0.898. The van der Waals surface area contributed by atoms with Crippen LogP contribution < -0.4 is 5.32 Å². The molecule has 6 nitrogen and oxygen atoms in total. The molecule has 0 aliphatic carbocycles. The maximum Gasteiger partial charge on any atom is 0.325 e. The predicted molar refractivity (Wildman–Crippen MR) is 109 cm³/mol. The molecule has 1 spiro atoms. The van der Waals surface area contributed by atoms with Gasteiger partial charge < -0.3 is 10.2 Å². The van der Waals surface area contributed by atoms with Crippen LogP contribution in [0.2, 0.25) is 0 Å². The molecule has 0 atom stereocenters. The number of amides is 4. The van der Waals surface area contributed by atoms with Gasteiger partial charge in [-0.05, 0) is 44.4 Å². The van der Waals surface area contributed by atoms with Gasteiger partial charge in [-0.2, -0.15) is 0 Å². The van der Waals surface area contributed by atoms with Crippen molar-refractivity contribution in [1.82, 2.24) is 15.1 Å².